The van der Waals surface area contributed by atoms with Gasteiger partial charge in [-0.3, -0.25) is 0 Å². The van der Waals surface area contributed by atoms with Gasteiger partial charge in [-0.1, -0.05) is 74.1 Å². The Hall–Kier alpha value is -4.72. The summed E-state index contributed by atoms with van der Waals surface area (Å²) in [6.07, 6.45) is -7.40. The van der Waals surface area contributed by atoms with Gasteiger partial charge in [0.15, 0.2) is 11.0 Å². The minimum atomic E-state index is -5.84. The second-order valence-corrected chi connectivity index (χ2v) is 11.0. The van der Waals surface area contributed by atoms with Crippen LogP contribution in [0.1, 0.15) is 30.9 Å². The molecule has 1 aliphatic heterocycles. The SMILES string of the molecule is CNc1nc(-c2ccc(C=NN3CC=CSC3=Nc3ccccc3C(C)C)cc2)nn1-c1ccc(OC(F)(F)C(F)(F)F)cc1. The molecule has 2 heterocycles. The lowest BCUT2D eigenvalue weighted by molar-refractivity contribution is -0.360. The smallest absolute Gasteiger partial charge is 0.426 e. The molecule has 0 spiro atoms. The number of hydrazone groups is 1. The van der Waals surface area contributed by atoms with E-state index < -0.39 is 18.0 Å². The Morgan fingerprint density at radius 3 is 2.36 bits per heavy atom. The molecular formula is C31H28F5N7OS. The predicted molar refractivity (Wildman–Crippen MR) is 167 cm³/mol. The molecule has 4 aromatic rings. The van der Waals surface area contributed by atoms with Crippen molar-refractivity contribution < 1.29 is 26.7 Å². The molecular weight excluding hydrogens is 613 g/mol. The van der Waals surface area contributed by atoms with Crippen LogP contribution in [0.15, 0.2) is 94.4 Å². The fourth-order valence-electron chi connectivity index (χ4n) is 4.24. The molecule has 0 aliphatic carbocycles. The van der Waals surface area contributed by atoms with E-state index in [9.17, 15) is 22.0 Å². The molecule has 1 aliphatic rings. The molecule has 0 fully saturated rings. The molecule has 234 valence electrons. The molecule has 0 radical (unpaired) electrons. The first-order valence-corrected chi connectivity index (χ1v) is 14.6. The summed E-state index contributed by atoms with van der Waals surface area (Å²) in [5.74, 6) is 0.370. The average Bonchev–Trinajstić information content (AvgIpc) is 3.45. The van der Waals surface area contributed by atoms with Gasteiger partial charge in [-0.05, 0) is 52.8 Å². The highest BCUT2D eigenvalue weighted by molar-refractivity contribution is 8.16. The summed E-state index contributed by atoms with van der Waals surface area (Å²) in [6, 6.07) is 20.0. The third-order valence-corrected chi connectivity index (χ3v) is 7.39. The normalized spacial score (nSPS) is 15.0. The summed E-state index contributed by atoms with van der Waals surface area (Å²) in [6.45, 7) is 4.85. The number of rotatable bonds is 9. The topological polar surface area (TPSA) is 79.9 Å². The van der Waals surface area contributed by atoms with Crippen LogP contribution < -0.4 is 10.1 Å². The van der Waals surface area contributed by atoms with E-state index in [1.54, 1.807) is 13.3 Å². The van der Waals surface area contributed by atoms with Crippen molar-refractivity contribution in [1.82, 2.24) is 19.8 Å². The lowest BCUT2D eigenvalue weighted by Gasteiger charge is -2.21. The molecule has 0 saturated heterocycles. The number of para-hydroxylation sites is 1. The van der Waals surface area contributed by atoms with Crippen LogP contribution in [-0.4, -0.2) is 57.0 Å². The summed E-state index contributed by atoms with van der Waals surface area (Å²) in [4.78, 5) is 9.37. The summed E-state index contributed by atoms with van der Waals surface area (Å²) < 4.78 is 69.2. The zero-order chi connectivity index (χ0) is 32.2. The number of amidine groups is 1. The Kier molecular flexibility index (Phi) is 9.23. The summed E-state index contributed by atoms with van der Waals surface area (Å²) in [5, 5.41) is 16.6. The molecule has 14 heteroatoms. The number of nitrogens with zero attached hydrogens (tertiary/aromatic N) is 6. The van der Waals surface area contributed by atoms with Gasteiger partial charge in [0.1, 0.15) is 5.75 Å². The molecule has 8 nitrogen and oxygen atoms in total. The van der Waals surface area contributed by atoms with Gasteiger partial charge in [0.2, 0.25) is 5.95 Å². The number of thioether (sulfide) groups is 1. The van der Waals surface area contributed by atoms with E-state index in [0.29, 0.717) is 35.5 Å². The van der Waals surface area contributed by atoms with E-state index in [1.807, 2.05) is 59.0 Å². The van der Waals surface area contributed by atoms with Crippen molar-refractivity contribution in [2.75, 3.05) is 18.9 Å². The third-order valence-electron chi connectivity index (χ3n) is 6.55. The van der Waals surface area contributed by atoms with Crippen molar-refractivity contribution in [1.29, 1.82) is 0 Å². The van der Waals surface area contributed by atoms with Crippen LogP contribution in [0, 0.1) is 0 Å². The van der Waals surface area contributed by atoms with E-state index >= 15 is 0 Å². The minimum absolute atomic E-state index is 0.325. The predicted octanol–water partition coefficient (Wildman–Crippen LogP) is 8.22. The van der Waals surface area contributed by atoms with Crippen LogP contribution in [-0.2, 0) is 0 Å². The van der Waals surface area contributed by atoms with Crippen LogP contribution in [0.3, 0.4) is 0 Å². The van der Waals surface area contributed by atoms with Crippen molar-refractivity contribution >= 4 is 34.8 Å². The molecule has 0 bridgehead atoms. The summed E-state index contributed by atoms with van der Waals surface area (Å²) >= 11 is 1.50. The highest BCUT2D eigenvalue weighted by Gasteiger charge is 2.61. The van der Waals surface area contributed by atoms with Crippen LogP contribution in [0.25, 0.3) is 17.1 Å². The highest BCUT2D eigenvalue weighted by Crippen LogP contribution is 2.37. The van der Waals surface area contributed by atoms with E-state index in [2.05, 4.69) is 45.2 Å². The molecule has 0 unspecified atom stereocenters. The maximum atomic E-state index is 13.3. The van der Waals surface area contributed by atoms with Gasteiger partial charge < -0.3 is 10.1 Å². The Bertz CT molecular complexity index is 1720. The summed E-state index contributed by atoms with van der Waals surface area (Å²) in [7, 11) is 1.62. The molecule has 0 atom stereocenters. The monoisotopic (exact) mass is 641 g/mol. The van der Waals surface area contributed by atoms with E-state index in [1.165, 1.54) is 28.6 Å². The number of aromatic nitrogens is 3. The molecule has 45 heavy (non-hydrogen) atoms. The maximum Gasteiger partial charge on any atom is 0.499 e. The van der Waals surface area contributed by atoms with Crippen LogP contribution in [0.2, 0.25) is 0 Å². The first-order valence-electron chi connectivity index (χ1n) is 13.7. The number of hydrogen-bond acceptors (Lipinski definition) is 7. The number of nitrogens with one attached hydrogen (secondary N) is 1. The lowest BCUT2D eigenvalue weighted by atomic mass is 10.0. The Morgan fingerprint density at radius 2 is 1.69 bits per heavy atom. The standard InChI is InChI=1S/C31H28F5N7OS/c1-20(2)25-7-4-5-8-26(25)39-29-42(17-6-18-45-29)38-19-21-9-11-22(12-10-21)27-40-28(37-3)43(41-27)23-13-15-24(16-14-23)44-31(35,36)30(32,33)34/h4-16,18-20H,17H2,1-3H3,(H,37,40,41). The fourth-order valence-corrected chi connectivity index (χ4v) is 4.94. The first kappa shape index (κ1) is 31.7. The Labute approximate surface area is 260 Å². The van der Waals surface area contributed by atoms with Gasteiger partial charge in [-0.25, -0.2) is 10.0 Å². The van der Waals surface area contributed by atoms with Crippen molar-refractivity contribution in [2.24, 2.45) is 10.1 Å². The third kappa shape index (κ3) is 7.33. The lowest BCUT2D eigenvalue weighted by Crippen LogP contribution is -2.41. The van der Waals surface area contributed by atoms with Gasteiger partial charge in [0.25, 0.3) is 0 Å². The van der Waals surface area contributed by atoms with Crippen LogP contribution >= 0.6 is 11.8 Å². The van der Waals surface area contributed by atoms with E-state index in [4.69, 9.17) is 4.99 Å². The Morgan fingerprint density at radius 1 is 0.978 bits per heavy atom. The number of benzene rings is 3. The number of ether oxygens (including phenoxy) is 1. The summed E-state index contributed by atoms with van der Waals surface area (Å²) in [5.41, 5.74) is 3.96. The number of alkyl halides is 5. The zero-order valence-electron chi connectivity index (χ0n) is 24.3. The minimum Gasteiger partial charge on any atom is -0.426 e. The van der Waals surface area contributed by atoms with Crippen molar-refractivity contribution in [3.05, 3.63) is 95.4 Å². The molecule has 3 aromatic carbocycles. The molecule has 1 N–H and O–H groups in total. The number of anilines is 1. The van der Waals surface area contributed by atoms with Crippen molar-refractivity contribution in [2.45, 2.75) is 32.1 Å². The van der Waals surface area contributed by atoms with Gasteiger partial charge >= 0.3 is 12.3 Å². The first-order chi connectivity index (χ1) is 21.4. The molecule has 5 rings (SSSR count). The average molecular weight is 642 g/mol. The van der Waals surface area contributed by atoms with Gasteiger partial charge in [-0.2, -0.15) is 36.7 Å². The molecule has 1 aromatic heterocycles. The highest BCUT2D eigenvalue weighted by atomic mass is 32.2. The van der Waals surface area contributed by atoms with Crippen molar-refractivity contribution in [3.63, 3.8) is 0 Å². The molecule has 0 amide bonds. The number of aliphatic imine (C=N–C) groups is 1. The van der Waals surface area contributed by atoms with Crippen LogP contribution in [0.4, 0.5) is 33.6 Å². The fraction of sp³-hybridized carbons (Fsp3) is 0.226. The number of halogens is 5. The molecule has 0 saturated carbocycles. The second kappa shape index (κ2) is 13.1. The van der Waals surface area contributed by atoms with Gasteiger partial charge in [0, 0.05) is 12.6 Å². The van der Waals surface area contributed by atoms with Crippen molar-refractivity contribution in [3.8, 4) is 22.8 Å². The van der Waals surface area contributed by atoms with E-state index in [-0.39, 0.29) is 0 Å². The zero-order valence-corrected chi connectivity index (χ0v) is 25.2. The van der Waals surface area contributed by atoms with E-state index in [0.717, 1.165) is 34.1 Å². The largest absolute Gasteiger partial charge is 0.499 e. The van der Waals surface area contributed by atoms with Gasteiger partial charge in [0.05, 0.1) is 24.1 Å². The number of hydrogen-bond donors (Lipinski definition) is 1. The Balaban J connectivity index is 1.31. The maximum absolute atomic E-state index is 13.3. The van der Waals surface area contributed by atoms with Crippen LogP contribution in [0.5, 0.6) is 5.75 Å². The second-order valence-electron chi connectivity index (χ2n) is 10.1. The van der Waals surface area contributed by atoms with Gasteiger partial charge in [-0.15, -0.1) is 5.10 Å². The quantitative estimate of drug-likeness (QED) is 0.147.